The molecule has 1 saturated heterocycles. The van der Waals surface area contributed by atoms with Crippen LogP contribution in [0.15, 0.2) is 17.6 Å². The lowest BCUT2D eigenvalue weighted by molar-refractivity contribution is -0.138. The van der Waals surface area contributed by atoms with Crippen molar-refractivity contribution in [1.82, 2.24) is 19.8 Å². The van der Waals surface area contributed by atoms with Gasteiger partial charge in [0.05, 0.1) is 5.56 Å². The summed E-state index contributed by atoms with van der Waals surface area (Å²) < 4.78 is 0. The molecule has 22 heavy (non-hydrogen) atoms. The van der Waals surface area contributed by atoms with Crippen LogP contribution in [0.2, 0.25) is 0 Å². The number of amides is 2. The average molecular weight is 322 g/mol. The minimum absolute atomic E-state index is 0.0229. The number of thioether (sulfide) groups is 1. The van der Waals surface area contributed by atoms with E-state index in [-0.39, 0.29) is 17.9 Å². The number of piperazine rings is 1. The Bertz CT molecular complexity index is 535. The van der Waals surface area contributed by atoms with Gasteiger partial charge < -0.3 is 9.80 Å². The zero-order valence-electron chi connectivity index (χ0n) is 13.3. The number of hydrogen-bond acceptors (Lipinski definition) is 5. The first-order chi connectivity index (χ1) is 10.6. The molecule has 0 aromatic carbocycles. The largest absolute Gasteiger partial charge is 0.342 e. The summed E-state index contributed by atoms with van der Waals surface area (Å²) >= 11 is 1.43. The lowest BCUT2D eigenvalue weighted by Gasteiger charge is -2.39. The standard InChI is InChI=1S/C15H22N4O2S/c1-4-5-6-12-14(21)18(2)7-8-19(12)13(20)11-9-16-15(22-3)17-10-11/h9-10,12H,4-8H2,1-3H3. The highest BCUT2D eigenvalue weighted by atomic mass is 32.2. The molecule has 1 fully saturated rings. The Hall–Kier alpha value is -1.63. The SMILES string of the molecule is CCCCC1C(=O)N(C)CCN1C(=O)c1cnc(SC)nc1. The first-order valence-electron chi connectivity index (χ1n) is 7.50. The van der Waals surface area contributed by atoms with Gasteiger partial charge in [0.2, 0.25) is 5.91 Å². The molecule has 0 spiro atoms. The molecule has 1 aliphatic rings. The van der Waals surface area contributed by atoms with E-state index >= 15 is 0 Å². The van der Waals surface area contributed by atoms with E-state index in [9.17, 15) is 9.59 Å². The van der Waals surface area contributed by atoms with E-state index in [0.29, 0.717) is 30.2 Å². The highest BCUT2D eigenvalue weighted by molar-refractivity contribution is 7.98. The Morgan fingerprint density at radius 2 is 2.05 bits per heavy atom. The third kappa shape index (κ3) is 3.58. The monoisotopic (exact) mass is 322 g/mol. The van der Waals surface area contributed by atoms with Crippen LogP contribution in [0, 0.1) is 0 Å². The number of rotatable bonds is 5. The van der Waals surface area contributed by atoms with Gasteiger partial charge in [0.1, 0.15) is 6.04 Å². The van der Waals surface area contributed by atoms with Crippen molar-refractivity contribution in [2.75, 3.05) is 26.4 Å². The van der Waals surface area contributed by atoms with Crippen LogP contribution in [0.4, 0.5) is 0 Å². The van der Waals surface area contributed by atoms with Crippen LogP contribution in [-0.2, 0) is 4.79 Å². The van der Waals surface area contributed by atoms with E-state index in [4.69, 9.17) is 0 Å². The summed E-state index contributed by atoms with van der Waals surface area (Å²) in [4.78, 5) is 36.7. The maximum Gasteiger partial charge on any atom is 0.257 e. The summed E-state index contributed by atoms with van der Waals surface area (Å²) in [5, 5.41) is 0.633. The van der Waals surface area contributed by atoms with E-state index in [1.54, 1.807) is 29.2 Å². The molecule has 2 heterocycles. The summed E-state index contributed by atoms with van der Waals surface area (Å²) in [7, 11) is 1.79. The van der Waals surface area contributed by atoms with Crippen molar-refractivity contribution >= 4 is 23.6 Å². The molecule has 120 valence electrons. The van der Waals surface area contributed by atoms with Gasteiger partial charge in [0, 0.05) is 32.5 Å². The second kappa shape index (κ2) is 7.58. The van der Waals surface area contributed by atoms with Gasteiger partial charge in [0.15, 0.2) is 5.16 Å². The molecular weight excluding hydrogens is 300 g/mol. The fourth-order valence-corrected chi connectivity index (χ4v) is 2.85. The van der Waals surface area contributed by atoms with Crippen molar-refractivity contribution in [3.05, 3.63) is 18.0 Å². The second-order valence-electron chi connectivity index (χ2n) is 5.37. The topological polar surface area (TPSA) is 66.4 Å². The van der Waals surface area contributed by atoms with Crippen LogP contribution in [0.25, 0.3) is 0 Å². The summed E-state index contributed by atoms with van der Waals surface area (Å²) in [6, 6.07) is -0.369. The number of carbonyl (C=O) groups is 2. The number of hydrogen-bond donors (Lipinski definition) is 0. The molecule has 0 N–H and O–H groups in total. The molecule has 0 bridgehead atoms. The molecular formula is C15H22N4O2S. The summed E-state index contributed by atoms with van der Waals surface area (Å²) in [6.45, 7) is 3.20. The van der Waals surface area contributed by atoms with Crippen molar-refractivity contribution in [2.24, 2.45) is 0 Å². The molecule has 1 atom stereocenters. The smallest absolute Gasteiger partial charge is 0.257 e. The van der Waals surface area contributed by atoms with Gasteiger partial charge in [-0.2, -0.15) is 0 Å². The highest BCUT2D eigenvalue weighted by Crippen LogP contribution is 2.19. The molecule has 0 aliphatic carbocycles. The second-order valence-corrected chi connectivity index (χ2v) is 6.15. The van der Waals surface area contributed by atoms with Crippen LogP contribution < -0.4 is 0 Å². The zero-order chi connectivity index (χ0) is 16.1. The van der Waals surface area contributed by atoms with Gasteiger partial charge in [-0.1, -0.05) is 31.5 Å². The van der Waals surface area contributed by atoms with Crippen LogP contribution >= 0.6 is 11.8 Å². The van der Waals surface area contributed by atoms with Gasteiger partial charge in [-0.05, 0) is 12.7 Å². The molecule has 2 rings (SSSR count). The minimum Gasteiger partial charge on any atom is -0.342 e. The normalized spacial score (nSPS) is 18.7. The first kappa shape index (κ1) is 16.7. The fraction of sp³-hybridized carbons (Fsp3) is 0.600. The molecule has 1 aromatic heterocycles. The molecule has 2 amide bonds. The number of likely N-dealkylation sites (N-methyl/N-ethyl adjacent to an activating group) is 1. The van der Waals surface area contributed by atoms with Crippen LogP contribution in [0.1, 0.15) is 36.5 Å². The Kier molecular flexibility index (Phi) is 5.76. The minimum atomic E-state index is -0.369. The summed E-state index contributed by atoms with van der Waals surface area (Å²) in [6.07, 6.45) is 7.60. The average Bonchev–Trinajstić information content (AvgIpc) is 2.55. The zero-order valence-corrected chi connectivity index (χ0v) is 14.1. The van der Waals surface area contributed by atoms with Crippen molar-refractivity contribution in [3.63, 3.8) is 0 Å². The lowest BCUT2D eigenvalue weighted by atomic mass is 10.0. The van der Waals surface area contributed by atoms with Gasteiger partial charge in [-0.15, -0.1) is 0 Å². The van der Waals surface area contributed by atoms with Gasteiger partial charge in [0.25, 0.3) is 5.91 Å². The number of carbonyl (C=O) groups excluding carboxylic acids is 2. The predicted molar refractivity (Wildman–Crippen MR) is 85.8 cm³/mol. The van der Waals surface area contributed by atoms with E-state index in [0.717, 1.165) is 12.8 Å². The molecule has 0 saturated carbocycles. The first-order valence-corrected chi connectivity index (χ1v) is 8.73. The Morgan fingerprint density at radius 3 is 2.64 bits per heavy atom. The summed E-state index contributed by atoms with van der Waals surface area (Å²) in [5.41, 5.74) is 0.441. The highest BCUT2D eigenvalue weighted by Gasteiger charge is 2.35. The number of nitrogens with zero attached hydrogens (tertiary/aromatic N) is 4. The van der Waals surface area contributed by atoms with E-state index < -0.39 is 0 Å². The maximum absolute atomic E-state index is 12.7. The number of aromatic nitrogens is 2. The maximum atomic E-state index is 12.7. The van der Waals surface area contributed by atoms with Crippen LogP contribution in [-0.4, -0.2) is 64.0 Å². The molecule has 7 heteroatoms. The number of unbranched alkanes of at least 4 members (excludes halogenated alkanes) is 1. The van der Waals surface area contributed by atoms with Crippen molar-refractivity contribution in [1.29, 1.82) is 0 Å². The Morgan fingerprint density at radius 1 is 1.36 bits per heavy atom. The van der Waals surface area contributed by atoms with Crippen LogP contribution in [0.3, 0.4) is 0 Å². The molecule has 1 aromatic rings. The molecule has 0 radical (unpaired) electrons. The van der Waals surface area contributed by atoms with E-state index in [1.165, 1.54) is 11.8 Å². The molecule has 1 unspecified atom stereocenters. The van der Waals surface area contributed by atoms with Crippen molar-refractivity contribution in [3.8, 4) is 0 Å². The third-order valence-corrected chi connectivity index (χ3v) is 4.44. The predicted octanol–water partition coefficient (Wildman–Crippen LogP) is 1.67. The molecule has 1 aliphatic heterocycles. The Balaban J connectivity index is 2.18. The Labute approximate surface area is 135 Å². The fourth-order valence-electron chi connectivity index (χ4n) is 2.53. The van der Waals surface area contributed by atoms with Gasteiger partial charge >= 0.3 is 0 Å². The van der Waals surface area contributed by atoms with Gasteiger partial charge in [-0.3, -0.25) is 9.59 Å². The molecule has 6 nitrogen and oxygen atoms in total. The lowest BCUT2D eigenvalue weighted by Crippen LogP contribution is -2.57. The third-order valence-electron chi connectivity index (χ3n) is 3.86. The summed E-state index contributed by atoms with van der Waals surface area (Å²) in [5.74, 6) is -0.134. The van der Waals surface area contributed by atoms with Crippen LogP contribution in [0.5, 0.6) is 0 Å². The van der Waals surface area contributed by atoms with E-state index in [2.05, 4.69) is 16.9 Å². The van der Waals surface area contributed by atoms with Crippen molar-refractivity contribution < 1.29 is 9.59 Å². The van der Waals surface area contributed by atoms with Gasteiger partial charge in [-0.25, -0.2) is 9.97 Å². The van der Waals surface area contributed by atoms with Crippen molar-refractivity contribution in [2.45, 2.75) is 37.4 Å². The quantitative estimate of drug-likeness (QED) is 0.609. The van der Waals surface area contributed by atoms with E-state index in [1.807, 2.05) is 6.26 Å².